The molecule has 0 saturated carbocycles. The Kier molecular flexibility index (Phi) is 4.84. The maximum Gasteiger partial charge on any atom is 0.467 e. The number of ether oxygens (including phenoxy) is 1. The average molecular weight is 269 g/mol. The van der Waals surface area contributed by atoms with Gasteiger partial charge >= 0.3 is 13.1 Å². The third-order valence-corrected chi connectivity index (χ3v) is 3.66. The average Bonchev–Trinajstić information content (AvgIpc) is 2.53. The van der Waals surface area contributed by atoms with Gasteiger partial charge in [-0.1, -0.05) is 5.11 Å². The van der Waals surface area contributed by atoms with Crippen molar-refractivity contribution in [3.63, 3.8) is 0 Å². The van der Waals surface area contributed by atoms with Gasteiger partial charge in [0, 0.05) is 11.3 Å². The lowest BCUT2D eigenvalue weighted by molar-refractivity contribution is -0.140. The summed E-state index contributed by atoms with van der Waals surface area (Å²) in [6.07, 6.45) is 0.484. The lowest BCUT2D eigenvalue weighted by atomic mass is 9.76. The van der Waals surface area contributed by atoms with Gasteiger partial charge in [0.25, 0.3) is 0 Å². The number of azide groups is 1. The van der Waals surface area contributed by atoms with E-state index in [1.165, 1.54) is 7.11 Å². The van der Waals surface area contributed by atoms with Crippen molar-refractivity contribution >= 4 is 13.1 Å². The second kappa shape index (κ2) is 5.82. The topological polar surface area (TPSA) is 93.5 Å². The van der Waals surface area contributed by atoms with Gasteiger partial charge in [-0.2, -0.15) is 0 Å². The zero-order valence-electron chi connectivity index (χ0n) is 12.0. The first-order valence-electron chi connectivity index (χ1n) is 6.20. The van der Waals surface area contributed by atoms with Gasteiger partial charge in [0.15, 0.2) is 0 Å². The normalized spacial score (nSPS) is 21.6. The molecule has 8 heteroatoms. The summed E-state index contributed by atoms with van der Waals surface area (Å²) in [7, 11) is 0.672. The van der Waals surface area contributed by atoms with Gasteiger partial charge in [-0.15, -0.1) is 0 Å². The molecule has 0 bridgehead atoms. The fourth-order valence-corrected chi connectivity index (χ4v) is 1.73. The summed E-state index contributed by atoms with van der Waals surface area (Å²) < 4.78 is 16.2. The van der Waals surface area contributed by atoms with E-state index in [0.717, 1.165) is 0 Å². The second-order valence-corrected chi connectivity index (χ2v) is 5.51. The molecule has 0 aromatic rings. The van der Waals surface area contributed by atoms with Crippen molar-refractivity contribution in [2.24, 2.45) is 5.11 Å². The minimum absolute atomic E-state index is 0.157. The van der Waals surface area contributed by atoms with Gasteiger partial charge in [-0.05, 0) is 39.6 Å². The molecule has 1 rings (SSSR count). The Labute approximate surface area is 113 Å². The number of carbonyl (C=O) groups is 1. The number of nitrogens with zero attached hydrogens (tertiary/aromatic N) is 3. The van der Waals surface area contributed by atoms with Crippen molar-refractivity contribution in [1.82, 2.24) is 0 Å². The maximum absolute atomic E-state index is 11.2. The van der Waals surface area contributed by atoms with Gasteiger partial charge < -0.3 is 14.0 Å². The Morgan fingerprint density at radius 2 is 1.89 bits per heavy atom. The van der Waals surface area contributed by atoms with Crippen LogP contribution in [0.3, 0.4) is 0 Å². The van der Waals surface area contributed by atoms with Gasteiger partial charge in [0.05, 0.1) is 24.3 Å². The Bertz CT molecular complexity index is 377. The van der Waals surface area contributed by atoms with E-state index in [2.05, 4.69) is 14.8 Å². The van der Waals surface area contributed by atoms with Crippen LogP contribution in [0.15, 0.2) is 5.11 Å². The first-order valence-corrected chi connectivity index (χ1v) is 6.20. The molecule has 1 fully saturated rings. The summed E-state index contributed by atoms with van der Waals surface area (Å²) in [5.74, 6) is -0.903. The van der Waals surface area contributed by atoms with E-state index in [-0.39, 0.29) is 12.4 Å². The summed E-state index contributed by atoms with van der Waals surface area (Å²) in [4.78, 5) is 13.9. The third kappa shape index (κ3) is 3.62. The second-order valence-electron chi connectivity index (χ2n) is 5.51. The van der Waals surface area contributed by atoms with Crippen molar-refractivity contribution in [3.8, 4) is 0 Å². The Hall–Kier alpha value is -1.24. The molecule has 1 saturated heterocycles. The van der Waals surface area contributed by atoms with E-state index in [0.29, 0.717) is 6.42 Å². The van der Waals surface area contributed by atoms with Crippen LogP contribution in [0.2, 0.25) is 0 Å². The largest absolute Gasteiger partial charge is 0.469 e. The SMILES string of the molecule is COC(=O)CCC(N=[N+]=[N-])B1OC(C)(C)C(C)(C)O1. The number of hydrogen-bond acceptors (Lipinski definition) is 5. The van der Waals surface area contributed by atoms with Gasteiger partial charge in [0.1, 0.15) is 0 Å². The lowest BCUT2D eigenvalue weighted by Gasteiger charge is -2.32. The molecular weight excluding hydrogens is 249 g/mol. The number of hydrogen-bond donors (Lipinski definition) is 0. The lowest BCUT2D eigenvalue weighted by Crippen LogP contribution is -2.41. The highest BCUT2D eigenvalue weighted by molar-refractivity contribution is 6.47. The highest BCUT2D eigenvalue weighted by atomic mass is 16.7. The van der Waals surface area contributed by atoms with E-state index in [1.807, 2.05) is 27.7 Å². The molecule has 1 aliphatic heterocycles. The van der Waals surface area contributed by atoms with E-state index >= 15 is 0 Å². The summed E-state index contributed by atoms with van der Waals surface area (Å²) >= 11 is 0. The molecule has 1 aliphatic rings. The number of methoxy groups -OCH3 is 1. The molecule has 1 unspecified atom stereocenters. The highest BCUT2D eigenvalue weighted by Crippen LogP contribution is 2.38. The monoisotopic (exact) mass is 269 g/mol. The number of rotatable bonds is 5. The molecule has 0 amide bonds. The summed E-state index contributed by atoms with van der Waals surface area (Å²) in [6.45, 7) is 7.67. The van der Waals surface area contributed by atoms with Crippen LogP contribution in [-0.2, 0) is 18.8 Å². The molecule has 0 aromatic carbocycles. The summed E-state index contributed by atoms with van der Waals surface area (Å²) in [6, 6.07) is 0. The van der Waals surface area contributed by atoms with Gasteiger partial charge in [0.2, 0.25) is 0 Å². The smallest absolute Gasteiger partial charge is 0.467 e. The molecule has 0 aliphatic carbocycles. The molecule has 0 spiro atoms. The third-order valence-electron chi connectivity index (χ3n) is 3.66. The van der Waals surface area contributed by atoms with E-state index < -0.39 is 24.3 Å². The molecule has 0 N–H and O–H groups in total. The molecule has 106 valence electrons. The van der Waals surface area contributed by atoms with Crippen LogP contribution in [-0.4, -0.2) is 37.3 Å². The molecule has 1 heterocycles. The molecule has 0 radical (unpaired) electrons. The predicted molar refractivity (Wildman–Crippen MR) is 70.3 cm³/mol. The van der Waals surface area contributed by atoms with Crippen LogP contribution in [0.25, 0.3) is 10.4 Å². The van der Waals surface area contributed by atoms with Crippen LogP contribution >= 0.6 is 0 Å². The van der Waals surface area contributed by atoms with Crippen molar-refractivity contribution in [3.05, 3.63) is 10.4 Å². The maximum atomic E-state index is 11.2. The summed E-state index contributed by atoms with van der Waals surface area (Å²) in [5, 5.41) is 3.67. The van der Waals surface area contributed by atoms with Crippen molar-refractivity contribution in [1.29, 1.82) is 0 Å². The standard InChI is InChI=1S/C11H20BN3O4/c1-10(2)11(3,4)19-12(18-10)8(14-15-13)6-7-9(16)17-5/h8H,6-7H2,1-5H3. The summed E-state index contributed by atoms with van der Waals surface area (Å²) in [5.41, 5.74) is 7.62. The molecule has 0 aromatic heterocycles. The van der Waals surface area contributed by atoms with Crippen LogP contribution in [0.1, 0.15) is 40.5 Å². The van der Waals surface area contributed by atoms with Gasteiger partial charge in [-0.25, -0.2) is 0 Å². The molecule has 19 heavy (non-hydrogen) atoms. The quantitative estimate of drug-likeness (QED) is 0.251. The Balaban J connectivity index is 2.74. The highest BCUT2D eigenvalue weighted by Gasteiger charge is 2.53. The predicted octanol–water partition coefficient (Wildman–Crippen LogP) is 2.25. The molecule has 7 nitrogen and oxygen atoms in total. The van der Waals surface area contributed by atoms with E-state index in [4.69, 9.17) is 14.8 Å². The Morgan fingerprint density at radius 1 is 1.37 bits per heavy atom. The minimum atomic E-state index is -0.648. The zero-order valence-corrected chi connectivity index (χ0v) is 12.0. The van der Waals surface area contributed by atoms with Crippen LogP contribution in [0.4, 0.5) is 0 Å². The van der Waals surface area contributed by atoms with Crippen LogP contribution in [0, 0.1) is 0 Å². The first-order chi connectivity index (χ1) is 8.73. The fraction of sp³-hybridized carbons (Fsp3) is 0.909. The Morgan fingerprint density at radius 3 is 2.32 bits per heavy atom. The molecule has 1 atom stereocenters. The first kappa shape index (κ1) is 15.8. The minimum Gasteiger partial charge on any atom is -0.469 e. The van der Waals surface area contributed by atoms with E-state index in [9.17, 15) is 4.79 Å². The van der Waals surface area contributed by atoms with Crippen LogP contribution < -0.4 is 0 Å². The van der Waals surface area contributed by atoms with Crippen LogP contribution in [0.5, 0.6) is 0 Å². The number of carbonyl (C=O) groups excluding carboxylic acids is 1. The van der Waals surface area contributed by atoms with Crippen molar-refractivity contribution < 1.29 is 18.8 Å². The zero-order chi connectivity index (χ0) is 14.7. The fourth-order valence-electron chi connectivity index (χ4n) is 1.73. The van der Waals surface area contributed by atoms with Crippen molar-refractivity contribution in [2.45, 2.75) is 57.7 Å². The molecular formula is C11H20BN3O4. The van der Waals surface area contributed by atoms with Gasteiger partial charge in [-0.3, -0.25) is 4.79 Å². The number of esters is 1. The van der Waals surface area contributed by atoms with Crippen molar-refractivity contribution in [2.75, 3.05) is 7.11 Å². The van der Waals surface area contributed by atoms with E-state index in [1.54, 1.807) is 0 Å².